The van der Waals surface area contributed by atoms with Crippen LogP contribution in [-0.2, 0) is 22.9 Å². The van der Waals surface area contributed by atoms with E-state index in [-0.39, 0.29) is 10.8 Å². The van der Waals surface area contributed by atoms with E-state index >= 15 is 0 Å². The van der Waals surface area contributed by atoms with Crippen LogP contribution in [0.3, 0.4) is 0 Å². The molecular weight excluding hydrogens is 420 g/mol. The zero-order valence-corrected chi connectivity index (χ0v) is 18.4. The maximum absolute atomic E-state index is 11.3. The van der Waals surface area contributed by atoms with Crippen molar-refractivity contribution in [1.29, 1.82) is 0 Å². The van der Waals surface area contributed by atoms with Crippen molar-refractivity contribution in [3.05, 3.63) is 70.4 Å². The van der Waals surface area contributed by atoms with E-state index in [4.69, 9.17) is 22.5 Å². The lowest BCUT2D eigenvalue weighted by atomic mass is 10.0. The zero-order chi connectivity index (χ0) is 21.7. The molecule has 4 N–H and O–H groups in total. The predicted molar refractivity (Wildman–Crippen MR) is 121 cm³/mol. The number of rotatable bonds is 8. The standard InChI is InChI=1S/C22H25ClN4O2S/c1-15-19(8-5-9-20(15)23)21-14-17(26-22(24)27-21)7-4-2-3-6-16-10-12-18(13-11-16)30(25,28)29/h5,8-14H,2-4,6-7H2,1H3,(H2,24,26,27)(H2,25,28,29). The highest BCUT2D eigenvalue weighted by Crippen LogP contribution is 2.28. The lowest BCUT2D eigenvalue weighted by molar-refractivity contribution is 0.597. The van der Waals surface area contributed by atoms with Gasteiger partial charge in [0.05, 0.1) is 10.6 Å². The minimum absolute atomic E-state index is 0.137. The number of halogens is 1. The van der Waals surface area contributed by atoms with Gasteiger partial charge in [-0.2, -0.15) is 0 Å². The van der Waals surface area contributed by atoms with Crippen LogP contribution in [0.2, 0.25) is 5.02 Å². The molecule has 6 nitrogen and oxygen atoms in total. The van der Waals surface area contributed by atoms with E-state index in [0.717, 1.165) is 60.2 Å². The Balaban J connectivity index is 1.55. The molecule has 2 aromatic carbocycles. The van der Waals surface area contributed by atoms with Gasteiger partial charge in [-0.25, -0.2) is 23.5 Å². The Hall–Kier alpha value is -2.48. The normalized spacial score (nSPS) is 11.6. The van der Waals surface area contributed by atoms with Gasteiger partial charge in [-0.15, -0.1) is 0 Å². The van der Waals surface area contributed by atoms with E-state index in [9.17, 15) is 8.42 Å². The molecule has 3 rings (SSSR count). The van der Waals surface area contributed by atoms with E-state index in [1.54, 1.807) is 12.1 Å². The molecule has 8 heteroatoms. The van der Waals surface area contributed by atoms with Gasteiger partial charge >= 0.3 is 0 Å². The first-order valence-corrected chi connectivity index (χ1v) is 11.7. The number of aromatic nitrogens is 2. The molecule has 30 heavy (non-hydrogen) atoms. The third kappa shape index (κ3) is 5.78. The van der Waals surface area contributed by atoms with Gasteiger partial charge < -0.3 is 5.73 Å². The summed E-state index contributed by atoms with van der Waals surface area (Å²) in [7, 11) is -3.64. The molecule has 0 saturated carbocycles. The number of nitrogen functional groups attached to an aromatic ring is 1. The Labute approximate surface area is 182 Å². The molecular formula is C22H25ClN4O2S. The Bertz CT molecular complexity index is 1130. The van der Waals surface area contributed by atoms with Gasteiger partial charge in [0.15, 0.2) is 0 Å². The quantitative estimate of drug-likeness (QED) is 0.503. The average Bonchev–Trinajstić information content (AvgIpc) is 2.69. The average molecular weight is 445 g/mol. The minimum Gasteiger partial charge on any atom is -0.368 e. The smallest absolute Gasteiger partial charge is 0.238 e. The molecule has 0 radical (unpaired) electrons. The monoisotopic (exact) mass is 444 g/mol. The highest BCUT2D eigenvalue weighted by molar-refractivity contribution is 7.89. The topological polar surface area (TPSA) is 112 Å². The fourth-order valence-corrected chi connectivity index (χ4v) is 4.02. The summed E-state index contributed by atoms with van der Waals surface area (Å²) in [6.45, 7) is 1.96. The maximum atomic E-state index is 11.3. The summed E-state index contributed by atoms with van der Waals surface area (Å²) < 4.78 is 22.6. The molecule has 0 aliphatic carbocycles. The number of unbranched alkanes of at least 4 members (excludes halogenated alkanes) is 2. The van der Waals surface area contributed by atoms with Crippen molar-refractivity contribution in [2.24, 2.45) is 5.14 Å². The van der Waals surface area contributed by atoms with Crippen LogP contribution in [0.4, 0.5) is 5.95 Å². The largest absolute Gasteiger partial charge is 0.368 e. The van der Waals surface area contributed by atoms with Crippen molar-refractivity contribution >= 4 is 27.6 Å². The lowest BCUT2D eigenvalue weighted by Crippen LogP contribution is -2.11. The van der Waals surface area contributed by atoms with Gasteiger partial charge in [-0.3, -0.25) is 0 Å². The second-order valence-corrected chi connectivity index (χ2v) is 9.23. The SMILES string of the molecule is Cc1c(Cl)cccc1-c1cc(CCCCCc2ccc(S(N)(=O)=O)cc2)nc(N)n1. The van der Waals surface area contributed by atoms with E-state index in [2.05, 4.69) is 9.97 Å². The summed E-state index contributed by atoms with van der Waals surface area (Å²) in [6, 6.07) is 14.4. The van der Waals surface area contributed by atoms with Crippen LogP contribution in [-0.4, -0.2) is 18.4 Å². The highest BCUT2D eigenvalue weighted by atomic mass is 35.5. The van der Waals surface area contributed by atoms with E-state index < -0.39 is 10.0 Å². The number of sulfonamides is 1. The first kappa shape index (κ1) is 22.2. The molecule has 0 unspecified atom stereocenters. The lowest BCUT2D eigenvalue weighted by Gasteiger charge is -2.09. The third-order valence-electron chi connectivity index (χ3n) is 4.99. The minimum atomic E-state index is -3.64. The Morgan fingerprint density at radius 1 is 0.967 bits per heavy atom. The molecule has 158 valence electrons. The van der Waals surface area contributed by atoms with Gasteiger partial charge in [0, 0.05) is 16.3 Å². The fourth-order valence-electron chi connectivity index (χ4n) is 3.33. The molecule has 0 amide bonds. The van der Waals surface area contributed by atoms with Crippen LogP contribution < -0.4 is 10.9 Å². The summed E-state index contributed by atoms with van der Waals surface area (Å²) in [5, 5.41) is 5.82. The molecule has 0 bridgehead atoms. The van der Waals surface area contributed by atoms with Crippen LogP contribution in [0.1, 0.15) is 36.1 Å². The van der Waals surface area contributed by atoms with Crippen molar-refractivity contribution in [3.63, 3.8) is 0 Å². The molecule has 0 atom stereocenters. The number of hydrogen-bond donors (Lipinski definition) is 2. The number of hydrogen-bond acceptors (Lipinski definition) is 5. The number of nitrogens with zero attached hydrogens (tertiary/aromatic N) is 2. The molecule has 1 heterocycles. The van der Waals surface area contributed by atoms with Crippen LogP contribution >= 0.6 is 11.6 Å². The molecule has 0 fully saturated rings. The van der Waals surface area contributed by atoms with Gasteiger partial charge in [-0.05, 0) is 68.0 Å². The van der Waals surface area contributed by atoms with Crippen LogP contribution in [0, 0.1) is 6.92 Å². The Morgan fingerprint density at radius 2 is 1.67 bits per heavy atom. The number of anilines is 1. The van der Waals surface area contributed by atoms with Crippen LogP contribution in [0.15, 0.2) is 53.4 Å². The van der Waals surface area contributed by atoms with E-state index in [1.807, 2.05) is 43.3 Å². The Kier molecular flexibility index (Phi) is 7.07. The van der Waals surface area contributed by atoms with Crippen molar-refractivity contribution in [1.82, 2.24) is 9.97 Å². The highest BCUT2D eigenvalue weighted by Gasteiger charge is 2.10. The summed E-state index contributed by atoms with van der Waals surface area (Å²) in [6.07, 6.45) is 4.68. The molecule has 1 aromatic heterocycles. The van der Waals surface area contributed by atoms with Gasteiger partial charge in [0.2, 0.25) is 16.0 Å². The Morgan fingerprint density at radius 3 is 2.37 bits per heavy atom. The number of nitrogens with two attached hydrogens (primary N) is 2. The second-order valence-electron chi connectivity index (χ2n) is 7.26. The summed E-state index contributed by atoms with van der Waals surface area (Å²) in [5.41, 5.74) is 10.6. The van der Waals surface area contributed by atoms with Gasteiger partial charge in [0.1, 0.15) is 0 Å². The number of aryl methyl sites for hydroxylation is 2. The zero-order valence-electron chi connectivity index (χ0n) is 16.8. The summed E-state index contributed by atoms with van der Waals surface area (Å²) in [4.78, 5) is 8.87. The van der Waals surface area contributed by atoms with Crippen molar-refractivity contribution in [3.8, 4) is 11.3 Å². The predicted octanol–water partition coefficient (Wildman–Crippen LogP) is 4.29. The molecule has 0 spiro atoms. The van der Waals surface area contributed by atoms with E-state index in [0.29, 0.717) is 5.02 Å². The number of primary sulfonamides is 1. The van der Waals surface area contributed by atoms with E-state index in [1.165, 1.54) is 0 Å². The molecule has 0 saturated heterocycles. The fraction of sp³-hybridized carbons (Fsp3) is 0.273. The first-order valence-electron chi connectivity index (χ1n) is 9.75. The molecule has 3 aromatic rings. The number of benzene rings is 2. The van der Waals surface area contributed by atoms with Crippen LogP contribution in [0.5, 0.6) is 0 Å². The molecule has 0 aliphatic heterocycles. The second kappa shape index (κ2) is 9.55. The molecule has 0 aliphatic rings. The van der Waals surface area contributed by atoms with Crippen molar-refractivity contribution in [2.45, 2.75) is 43.9 Å². The van der Waals surface area contributed by atoms with Gasteiger partial charge in [0.25, 0.3) is 0 Å². The van der Waals surface area contributed by atoms with Crippen molar-refractivity contribution < 1.29 is 8.42 Å². The van der Waals surface area contributed by atoms with Crippen LogP contribution in [0.25, 0.3) is 11.3 Å². The van der Waals surface area contributed by atoms with Crippen molar-refractivity contribution in [2.75, 3.05) is 5.73 Å². The first-order chi connectivity index (χ1) is 14.2. The summed E-state index contributed by atoms with van der Waals surface area (Å²) >= 11 is 6.23. The maximum Gasteiger partial charge on any atom is 0.238 e. The van der Waals surface area contributed by atoms with Gasteiger partial charge in [-0.1, -0.05) is 42.3 Å². The summed E-state index contributed by atoms with van der Waals surface area (Å²) in [5.74, 6) is 0.261. The third-order valence-corrected chi connectivity index (χ3v) is 6.33.